The van der Waals surface area contributed by atoms with Gasteiger partial charge in [0.15, 0.2) is 16.7 Å². The van der Waals surface area contributed by atoms with E-state index in [4.69, 9.17) is 4.74 Å². The molecular weight excluding hydrogens is 303 g/mol. The van der Waals surface area contributed by atoms with Gasteiger partial charge in [-0.1, -0.05) is 13.0 Å². The number of thiazole rings is 1. The van der Waals surface area contributed by atoms with Crippen molar-refractivity contribution >= 4 is 22.4 Å². The third-order valence-corrected chi connectivity index (χ3v) is 4.26. The molecule has 0 spiro atoms. The zero-order valence-electron chi connectivity index (χ0n) is 12.9. The van der Waals surface area contributed by atoms with Crippen molar-refractivity contribution in [3.63, 3.8) is 0 Å². The molecule has 2 aromatic rings. The van der Waals surface area contributed by atoms with Gasteiger partial charge in [-0.3, -0.25) is 4.79 Å². The zero-order valence-corrected chi connectivity index (χ0v) is 13.7. The van der Waals surface area contributed by atoms with Crippen LogP contribution in [-0.4, -0.2) is 18.0 Å². The molecule has 0 saturated heterocycles. The molecule has 0 atom stereocenters. The Labute approximate surface area is 133 Å². The SMILES string of the molecule is CCc1nc(NC(=O)CCc2ccc(OC)c(F)c2)sc1C. The van der Waals surface area contributed by atoms with Gasteiger partial charge in [0.2, 0.25) is 5.91 Å². The fraction of sp³-hybridized carbons (Fsp3) is 0.375. The summed E-state index contributed by atoms with van der Waals surface area (Å²) in [6.45, 7) is 4.03. The van der Waals surface area contributed by atoms with Crippen LogP contribution in [0.15, 0.2) is 18.2 Å². The molecule has 0 aliphatic carbocycles. The quantitative estimate of drug-likeness (QED) is 0.881. The van der Waals surface area contributed by atoms with Crippen molar-refractivity contribution in [1.82, 2.24) is 4.98 Å². The lowest BCUT2D eigenvalue weighted by atomic mass is 10.1. The lowest BCUT2D eigenvalue weighted by Gasteiger charge is -2.05. The van der Waals surface area contributed by atoms with Gasteiger partial charge < -0.3 is 10.1 Å². The molecule has 0 bridgehead atoms. The van der Waals surface area contributed by atoms with Crippen LogP contribution in [0.5, 0.6) is 5.75 Å². The highest BCUT2D eigenvalue weighted by molar-refractivity contribution is 7.15. The van der Waals surface area contributed by atoms with Gasteiger partial charge in [0.25, 0.3) is 0 Å². The Morgan fingerprint density at radius 2 is 2.23 bits per heavy atom. The Kier molecular flexibility index (Phi) is 5.49. The second kappa shape index (κ2) is 7.35. The maximum Gasteiger partial charge on any atom is 0.226 e. The molecule has 0 saturated carbocycles. The summed E-state index contributed by atoms with van der Waals surface area (Å²) in [7, 11) is 1.42. The van der Waals surface area contributed by atoms with E-state index in [1.807, 2.05) is 13.8 Å². The summed E-state index contributed by atoms with van der Waals surface area (Å²) >= 11 is 1.48. The van der Waals surface area contributed by atoms with E-state index in [9.17, 15) is 9.18 Å². The number of amides is 1. The molecule has 0 radical (unpaired) electrons. The second-order valence-corrected chi connectivity index (χ2v) is 6.10. The number of methoxy groups -OCH3 is 1. The van der Waals surface area contributed by atoms with Crippen molar-refractivity contribution < 1.29 is 13.9 Å². The van der Waals surface area contributed by atoms with E-state index < -0.39 is 5.82 Å². The molecule has 118 valence electrons. The van der Waals surface area contributed by atoms with Crippen molar-refractivity contribution in [2.75, 3.05) is 12.4 Å². The number of aryl methyl sites for hydroxylation is 3. The Morgan fingerprint density at radius 3 is 2.82 bits per heavy atom. The topological polar surface area (TPSA) is 51.2 Å². The summed E-state index contributed by atoms with van der Waals surface area (Å²) in [6, 6.07) is 4.73. The minimum atomic E-state index is -0.413. The van der Waals surface area contributed by atoms with E-state index >= 15 is 0 Å². The summed E-state index contributed by atoms with van der Waals surface area (Å²) in [5.41, 5.74) is 1.77. The molecule has 1 aromatic carbocycles. The first-order valence-electron chi connectivity index (χ1n) is 7.12. The van der Waals surface area contributed by atoms with Gasteiger partial charge in [0.05, 0.1) is 12.8 Å². The number of halogens is 1. The molecule has 0 aliphatic heterocycles. The van der Waals surface area contributed by atoms with Gasteiger partial charge >= 0.3 is 0 Å². The number of carbonyl (C=O) groups excluding carboxylic acids is 1. The number of nitrogens with zero attached hydrogens (tertiary/aromatic N) is 1. The molecule has 22 heavy (non-hydrogen) atoms. The third-order valence-electron chi connectivity index (χ3n) is 3.33. The molecular formula is C16H19FN2O2S. The fourth-order valence-corrected chi connectivity index (χ4v) is 3.03. The number of aromatic nitrogens is 1. The van der Waals surface area contributed by atoms with Crippen molar-refractivity contribution in [1.29, 1.82) is 0 Å². The average Bonchev–Trinajstić information content (AvgIpc) is 2.85. The van der Waals surface area contributed by atoms with Crippen LogP contribution < -0.4 is 10.1 Å². The van der Waals surface area contributed by atoms with Crippen molar-refractivity contribution in [3.8, 4) is 5.75 Å². The molecule has 1 amide bonds. The fourth-order valence-electron chi connectivity index (χ4n) is 2.11. The normalized spacial score (nSPS) is 10.5. The molecule has 2 rings (SSSR count). The van der Waals surface area contributed by atoms with Crippen LogP contribution in [0.4, 0.5) is 9.52 Å². The molecule has 0 aliphatic rings. The lowest BCUT2D eigenvalue weighted by molar-refractivity contribution is -0.116. The molecule has 1 heterocycles. The van der Waals surface area contributed by atoms with Crippen LogP contribution in [0.3, 0.4) is 0 Å². The van der Waals surface area contributed by atoms with Crippen LogP contribution in [0.1, 0.15) is 29.5 Å². The monoisotopic (exact) mass is 322 g/mol. The zero-order chi connectivity index (χ0) is 16.1. The summed E-state index contributed by atoms with van der Waals surface area (Å²) < 4.78 is 18.4. The molecule has 6 heteroatoms. The van der Waals surface area contributed by atoms with Crippen LogP contribution in [0.2, 0.25) is 0 Å². The smallest absolute Gasteiger partial charge is 0.226 e. The van der Waals surface area contributed by atoms with Crippen molar-refractivity contribution in [3.05, 3.63) is 40.2 Å². The van der Waals surface area contributed by atoms with Gasteiger partial charge in [-0.2, -0.15) is 0 Å². The Bertz CT molecular complexity index is 670. The highest BCUT2D eigenvalue weighted by Crippen LogP contribution is 2.23. The number of nitrogens with one attached hydrogen (secondary N) is 1. The van der Waals surface area contributed by atoms with Crippen LogP contribution in [-0.2, 0) is 17.6 Å². The van der Waals surface area contributed by atoms with E-state index in [-0.39, 0.29) is 18.1 Å². The summed E-state index contributed by atoms with van der Waals surface area (Å²) in [6.07, 6.45) is 1.60. The highest BCUT2D eigenvalue weighted by atomic mass is 32.1. The van der Waals surface area contributed by atoms with Gasteiger partial charge in [-0.05, 0) is 37.5 Å². The molecule has 0 fully saturated rings. The molecule has 1 N–H and O–H groups in total. The van der Waals surface area contributed by atoms with Gasteiger partial charge in [0.1, 0.15) is 0 Å². The minimum Gasteiger partial charge on any atom is -0.494 e. The van der Waals surface area contributed by atoms with Crippen LogP contribution in [0.25, 0.3) is 0 Å². The predicted octanol–water partition coefficient (Wildman–Crippen LogP) is 3.73. The maximum atomic E-state index is 13.6. The van der Waals surface area contributed by atoms with Gasteiger partial charge in [0, 0.05) is 11.3 Å². The van der Waals surface area contributed by atoms with Gasteiger partial charge in [-0.25, -0.2) is 9.37 Å². The summed E-state index contributed by atoms with van der Waals surface area (Å²) in [5, 5.41) is 3.42. The van der Waals surface area contributed by atoms with E-state index in [0.29, 0.717) is 11.6 Å². The first-order valence-corrected chi connectivity index (χ1v) is 7.93. The number of carbonyl (C=O) groups is 1. The Balaban J connectivity index is 1.91. The van der Waals surface area contributed by atoms with Gasteiger partial charge in [-0.15, -0.1) is 11.3 Å². The summed E-state index contributed by atoms with van der Waals surface area (Å²) in [5.74, 6) is -0.324. The van der Waals surface area contributed by atoms with Crippen LogP contribution in [0, 0.1) is 12.7 Å². The van der Waals surface area contributed by atoms with E-state index in [1.165, 1.54) is 24.5 Å². The lowest BCUT2D eigenvalue weighted by Crippen LogP contribution is -2.12. The first kappa shape index (κ1) is 16.4. The van der Waals surface area contributed by atoms with E-state index in [0.717, 1.165) is 22.6 Å². The highest BCUT2D eigenvalue weighted by Gasteiger charge is 2.10. The molecule has 1 aromatic heterocycles. The van der Waals surface area contributed by atoms with Crippen LogP contribution >= 0.6 is 11.3 Å². The van der Waals surface area contributed by atoms with E-state index in [1.54, 1.807) is 12.1 Å². The number of ether oxygens (including phenoxy) is 1. The Hall–Kier alpha value is -1.95. The number of rotatable bonds is 6. The maximum absolute atomic E-state index is 13.6. The first-order chi connectivity index (χ1) is 10.5. The second-order valence-electron chi connectivity index (χ2n) is 4.89. The molecule has 4 nitrogen and oxygen atoms in total. The molecule has 0 unspecified atom stereocenters. The third kappa shape index (κ3) is 4.04. The average molecular weight is 322 g/mol. The standard InChI is InChI=1S/C16H19FN2O2S/c1-4-13-10(2)22-16(18-13)19-15(20)8-6-11-5-7-14(21-3)12(17)9-11/h5,7,9H,4,6,8H2,1-3H3,(H,18,19,20). The number of anilines is 1. The number of hydrogen-bond acceptors (Lipinski definition) is 4. The van der Waals surface area contributed by atoms with E-state index in [2.05, 4.69) is 10.3 Å². The number of benzene rings is 1. The summed E-state index contributed by atoms with van der Waals surface area (Å²) in [4.78, 5) is 17.4. The van der Waals surface area contributed by atoms with Crippen molar-refractivity contribution in [2.45, 2.75) is 33.1 Å². The largest absolute Gasteiger partial charge is 0.494 e. The minimum absolute atomic E-state index is 0.118. The number of hydrogen-bond donors (Lipinski definition) is 1. The predicted molar refractivity (Wildman–Crippen MR) is 86.1 cm³/mol. The van der Waals surface area contributed by atoms with Crippen molar-refractivity contribution in [2.24, 2.45) is 0 Å². The Morgan fingerprint density at radius 1 is 1.45 bits per heavy atom.